The minimum Gasteiger partial charge on any atom is -0.507 e. The summed E-state index contributed by atoms with van der Waals surface area (Å²) in [6.45, 7) is 1.51. The van der Waals surface area contributed by atoms with Gasteiger partial charge in [0.15, 0.2) is 11.7 Å². The molecule has 25 heavy (non-hydrogen) atoms. The number of phenolic OH excluding ortho intramolecular Hbond substituents is 2. The van der Waals surface area contributed by atoms with Gasteiger partial charge in [-0.2, -0.15) is 0 Å². The summed E-state index contributed by atoms with van der Waals surface area (Å²) in [6, 6.07) is 7.20. The maximum atomic E-state index is 12.8. The first-order valence-corrected chi connectivity index (χ1v) is 7.55. The minimum atomic E-state index is -0.571. The van der Waals surface area contributed by atoms with E-state index in [9.17, 15) is 19.8 Å². The number of carbonyl (C=O) groups is 1. The van der Waals surface area contributed by atoms with Crippen LogP contribution in [-0.4, -0.2) is 23.6 Å². The maximum absolute atomic E-state index is 12.8. The number of carbonyl (C=O) groups excluding carboxylic acids is 1. The van der Waals surface area contributed by atoms with Crippen molar-refractivity contribution in [2.75, 3.05) is 7.11 Å². The van der Waals surface area contributed by atoms with Gasteiger partial charge in [-0.3, -0.25) is 9.59 Å². The summed E-state index contributed by atoms with van der Waals surface area (Å²) in [5.74, 6) is -0.266. The van der Waals surface area contributed by atoms with Crippen molar-refractivity contribution in [2.45, 2.75) is 13.3 Å². The Balaban J connectivity index is 2.16. The third kappa shape index (κ3) is 2.71. The van der Waals surface area contributed by atoms with E-state index in [1.807, 2.05) is 12.1 Å². The van der Waals surface area contributed by atoms with Crippen molar-refractivity contribution in [3.05, 3.63) is 63.0 Å². The Bertz CT molecular complexity index is 1010. The van der Waals surface area contributed by atoms with Crippen LogP contribution in [0.1, 0.15) is 27.0 Å². The molecule has 1 heterocycles. The Morgan fingerprint density at radius 3 is 2.44 bits per heavy atom. The molecular formula is C19H16O6. The van der Waals surface area contributed by atoms with Gasteiger partial charge in [-0.25, -0.2) is 0 Å². The molecule has 0 fully saturated rings. The Hall–Kier alpha value is -3.28. The number of aldehydes is 1. The second-order valence-corrected chi connectivity index (χ2v) is 5.67. The first-order chi connectivity index (χ1) is 12.0. The molecule has 0 aliphatic carbocycles. The summed E-state index contributed by atoms with van der Waals surface area (Å²) in [7, 11) is 1.57. The van der Waals surface area contributed by atoms with E-state index in [-0.39, 0.29) is 28.5 Å². The van der Waals surface area contributed by atoms with Gasteiger partial charge in [0.2, 0.25) is 0 Å². The van der Waals surface area contributed by atoms with Crippen molar-refractivity contribution < 1.29 is 24.2 Å². The number of rotatable bonds is 4. The fourth-order valence-corrected chi connectivity index (χ4v) is 2.75. The van der Waals surface area contributed by atoms with Crippen LogP contribution in [0.25, 0.3) is 11.0 Å². The van der Waals surface area contributed by atoms with Gasteiger partial charge < -0.3 is 19.4 Å². The van der Waals surface area contributed by atoms with Gasteiger partial charge >= 0.3 is 0 Å². The van der Waals surface area contributed by atoms with Crippen molar-refractivity contribution in [1.82, 2.24) is 0 Å². The summed E-state index contributed by atoms with van der Waals surface area (Å²) in [5.41, 5.74) is 0.708. The normalized spacial score (nSPS) is 10.8. The molecule has 3 aromatic rings. The second kappa shape index (κ2) is 6.32. The number of hydrogen-bond donors (Lipinski definition) is 2. The highest BCUT2D eigenvalue weighted by Crippen LogP contribution is 2.36. The van der Waals surface area contributed by atoms with Gasteiger partial charge in [0.25, 0.3) is 0 Å². The molecule has 0 saturated heterocycles. The first-order valence-electron chi connectivity index (χ1n) is 7.55. The number of aromatic hydroxyl groups is 2. The number of benzene rings is 2. The predicted molar refractivity (Wildman–Crippen MR) is 91.7 cm³/mol. The van der Waals surface area contributed by atoms with Gasteiger partial charge in [-0.05, 0) is 24.6 Å². The molecule has 0 aliphatic heterocycles. The summed E-state index contributed by atoms with van der Waals surface area (Å²) < 4.78 is 10.6. The zero-order valence-electron chi connectivity index (χ0n) is 13.7. The summed E-state index contributed by atoms with van der Waals surface area (Å²) in [4.78, 5) is 23.9. The van der Waals surface area contributed by atoms with Crippen LogP contribution in [0.15, 0.2) is 39.7 Å². The molecule has 0 saturated carbocycles. The number of hydrogen-bond acceptors (Lipinski definition) is 6. The lowest BCUT2D eigenvalue weighted by atomic mass is 10.0. The average molecular weight is 340 g/mol. The SMILES string of the molecule is COc1ccc(Cc2coc3c(C)c(O)c(C=O)c(O)c3c2=O)cc1. The largest absolute Gasteiger partial charge is 0.507 e. The van der Waals surface area contributed by atoms with Crippen molar-refractivity contribution in [3.63, 3.8) is 0 Å². The molecule has 2 N–H and O–H groups in total. The molecule has 1 aromatic heterocycles. The number of methoxy groups -OCH3 is 1. The molecule has 2 aromatic carbocycles. The molecule has 3 rings (SSSR count). The third-order valence-corrected chi connectivity index (χ3v) is 4.18. The highest BCUT2D eigenvalue weighted by molar-refractivity contribution is 5.98. The summed E-state index contributed by atoms with van der Waals surface area (Å²) >= 11 is 0. The second-order valence-electron chi connectivity index (χ2n) is 5.67. The average Bonchev–Trinajstić information content (AvgIpc) is 2.62. The van der Waals surface area contributed by atoms with E-state index in [0.717, 1.165) is 5.56 Å². The van der Waals surface area contributed by atoms with Crippen LogP contribution in [0.2, 0.25) is 0 Å². The molecule has 0 radical (unpaired) electrons. The van der Waals surface area contributed by atoms with Crippen LogP contribution < -0.4 is 10.2 Å². The van der Waals surface area contributed by atoms with E-state index < -0.39 is 16.9 Å². The molecule has 6 nitrogen and oxygen atoms in total. The Morgan fingerprint density at radius 2 is 1.84 bits per heavy atom. The predicted octanol–water partition coefficient (Wildman–Crippen LogP) is 2.92. The van der Waals surface area contributed by atoms with Crippen molar-refractivity contribution in [3.8, 4) is 17.2 Å². The van der Waals surface area contributed by atoms with Crippen LogP contribution >= 0.6 is 0 Å². The van der Waals surface area contributed by atoms with Gasteiger partial charge in [0, 0.05) is 17.5 Å². The zero-order valence-corrected chi connectivity index (χ0v) is 13.7. The fraction of sp³-hybridized carbons (Fsp3) is 0.158. The van der Waals surface area contributed by atoms with Crippen LogP contribution in [-0.2, 0) is 6.42 Å². The van der Waals surface area contributed by atoms with Crippen molar-refractivity contribution >= 4 is 17.3 Å². The molecule has 0 aliphatic rings. The molecule has 0 atom stereocenters. The molecule has 0 spiro atoms. The van der Waals surface area contributed by atoms with E-state index in [1.54, 1.807) is 19.2 Å². The molecule has 0 amide bonds. The van der Waals surface area contributed by atoms with E-state index in [1.165, 1.54) is 13.2 Å². The standard InChI is InChI=1S/C19H16O6/c1-10-16(21)14(8-20)18(23)15-17(22)12(9-25-19(10)15)7-11-3-5-13(24-2)6-4-11/h3-6,8-9,21,23H,7H2,1-2H3. The number of aryl methyl sites for hydroxylation is 1. The summed E-state index contributed by atoms with van der Waals surface area (Å²) in [5, 5.41) is 20.1. The number of fused-ring (bicyclic) bond motifs is 1. The molecule has 0 unspecified atom stereocenters. The topological polar surface area (TPSA) is 97.0 Å². The quantitative estimate of drug-likeness (QED) is 0.709. The number of ether oxygens (including phenoxy) is 1. The number of phenols is 2. The van der Waals surface area contributed by atoms with E-state index in [4.69, 9.17) is 9.15 Å². The van der Waals surface area contributed by atoms with E-state index >= 15 is 0 Å². The molecule has 0 bridgehead atoms. The highest BCUT2D eigenvalue weighted by atomic mass is 16.5. The highest BCUT2D eigenvalue weighted by Gasteiger charge is 2.21. The summed E-state index contributed by atoms with van der Waals surface area (Å²) in [6.07, 6.45) is 1.91. The Morgan fingerprint density at radius 1 is 1.16 bits per heavy atom. The minimum absolute atomic E-state index is 0.0593. The Labute approximate surface area is 142 Å². The van der Waals surface area contributed by atoms with Gasteiger partial charge in [0.05, 0.1) is 18.9 Å². The van der Waals surface area contributed by atoms with Crippen molar-refractivity contribution in [2.24, 2.45) is 0 Å². The van der Waals surface area contributed by atoms with Crippen LogP contribution in [0.4, 0.5) is 0 Å². The lowest BCUT2D eigenvalue weighted by Gasteiger charge is -2.10. The van der Waals surface area contributed by atoms with Crippen LogP contribution in [0.3, 0.4) is 0 Å². The van der Waals surface area contributed by atoms with Crippen molar-refractivity contribution in [1.29, 1.82) is 0 Å². The third-order valence-electron chi connectivity index (χ3n) is 4.18. The fourth-order valence-electron chi connectivity index (χ4n) is 2.75. The van der Waals surface area contributed by atoms with Crippen LogP contribution in [0.5, 0.6) is 17.2 Å². The van der Waals surface area contributed by atoms with E-state index in [0.29, 0.717) is 17.6 Å². The van der Waals surface area contributed by atoms with Gasteiger partial charge in [0.1, 0.15) is 28.2 Å². The lowest BCUT2D eigenvalue weighted by Crippen LogP contribution is -2.11. The molecule has 6 heteroatoms. The van der Waals surface area contributed by atoms with Gasteiger partial charge in [-0.15, -0.1) is 0 Å². The smallest absolute Gasteiger partial charge is 0.199 e. The molecular weight excluding hydrogens is 324 g/mol. The maximum Gasteiger partial charge on any atom is 0.199 e. The van der Waals surface area contributed by atoms with E-state index in [2.05, 4.69) is 0 Å². The monoisotopic (exact) mass is 340 g/mol. The molecule has 128 valence electrons. The zero-order chi connectivity index (χ0) is 18.1. The lowest BCUT2D eigenvalue weighted by molar-refractivity contribution is 0.111. The first kappa shape index (κ1) is 16.6. The van der Waals surface area contributed by atoms with Gasteiger partial charge in [-0.1, -0.05) is 12.1 Å². The van der Waals surface area contributed by atoms with Crippen LogP contribution in [0, 0.1) is 6.92 Å². The Kier molecular flexibility index (Phi) is 4.19.